The molecule has 1 saturated carbocycles. The molecule has 0 aromatic rings. The van der Waals surface area contributed by atoms with E-state index in [4.69, 9.17) is 5.11 Å². The van der Waals surface area contributed by atoms with E-state index in [-0.39, 0.29) is 6.42 Å². The Balaban J connectivity index is 2.55. The number of rotatable bonds is 3. The lowest BCUT2D eigenvalue weighted by Gasteiger charge is -2.26. The van der Waals surface area contributed by atoms with Crippen LogP contribution in [-0.2, 0) is 14.3 Å². The van der Waals surface area contributed by atoms with E-state index in [0.717, 1.165) is 0 Å². The Morgan fingerprint density at radius 2 is 1.89 bits per heavy atom. The molecular formula is C11H13F3O4. The van der Waals surface area contributed by atoms with Gasteiger partial charge in [0.25, 0.3) is 0 Å². The van der Waals surface area contributed by atoms with Gasteiger partial charge in [0.05, 0.1) is 5.92 Å². The number of hydrogen-bond acceptors (Lipinski definition) is 3. The molecule has 0 aromatic heterocycles. The van der Waals surface area contributed by atoms with Gasteiger partial charge in [-0.1, -0.05) is 6.58 Å². The molecule has 0 spiro atoms. The number of ether oxygens (including phenoxy) is 1. The number of aliphatic carboxylic acids is 1. The number of carbonyl (C=O) groups is 2. The largest absolute Gasteiger partial charge is 0.481 e. The van der Waals surface area contributed by atoms with Crippen molar-refractivity contribution >= 4 is 11.9 Å². The molecular weight excluding hydrogens is 253 g/mol. The van der Waals surface area contributed by atoms with Crippen LogP contribution in [0.15, 0.2) is 12.2 Å². The van der Waals surface area contributed by atoms with Crippen molar-refractivity contribution < 1.29 is 32.6 Å². The molecule has 0 radical (unpaired) electrons. The van der Waals surface area contributed by atoms with Crippen molar-refractivity contribution in [3.05, 3.63) is 12.2 Å². The molecule has 0 bridgehead atoms. The molecule has 0 amide bonds. The molecule has 7 heteroatoms. The molecule has 1 fully saturated rings. The second kappa shape index (κ2) is 5.41. The first-order chi connectivity index (χ1) is 8.21. The number of halogens is 3. The van der Waals surface area contributed by atoms with Gasteiger partial charge in [-0.15, -0.1) is 0 Å². The van der Waals surface area contributed by atoms with E-state index in [9.17, 15) is 22.8 Å². The van der Waals surface area contributed by atoms with Gasteiger partial charge in [-0.25, -0.2) is 4.79 Å². The molecule has 1 aliphatic rings. The summed E-state index contributed by atoms with van der Waals surface area (Å²) < 4.78 is 41.1. The molecule has 2 unspecified atom stereocenters. The highest BCUT2D eigenvalue weighted by Crippen LogP contribution is 2.29. The van der Waals surface area contributed by atoms with Gasteiger partial charge in [0, 0.05) is 0 Å². The number of hydrogen-bond donors (Lipinski definition) is 1. The zero-order valence-electron chi connectivity index (χ0n) is 9.50. The molecule has 1 N–H and O–H groups in total. The predicted octanol–water partition coefficient (Wildman–Crippen LogP) is 2.29. The number of carboxylic acid groups (broad SMARTS) is 1. The van der Waals surface area contributed by atoms with Crippen LogP contribution < -0.4 is 0 Å². The van der Waals surface area contributed by atoms with Crippen molar-refractivity contribution in [3.63, 3.8) is 0 Å². The third kappa shape index (κ3) is 3.75. The first kappa shape index (κ1) is 14.5. The molecule has 4 nitrogen and oxygen atoms in total. The highest BCUT2D eigenvalue weighted by Gasteiger charge is 2.39. The standard InChI is InChI=1S/C11H13F3O4/c1-6(11(12,13)14)10(17)18-8-4-2-3-7(5-8)9(15)16/h7-8H,1-5H2,(H,15,16). The normalized spacial score (nSPS) is 24.4. The van der Waals surface area contributed by atoms with Crippen molar-refractivity contribution in [2.24, 2.45) is 5.92 Å². The van der Waals surface area contributed by atoms with Gasteiger partial charge in [-0.05, 0) is 25.7 Å². The second-order valence-electron chi connectivity index (χ2n) is 4.21. The number of carboxylic acids is 1. The van der Waals surface area contributed by atoms with Crippen LogP contribution in [0.5, 0.6) is 0 Å². The van der Waals surface area contributed by atoms with Crippen molar-refractivity contribution in [1.82, 2.24) is 0 Å². The van der Waals surface area contributed by atoms with E-state index in [0.29, 0.717) is 19.3 Å². The molecule has 1 aliphatic carbocycles. The average molecular weight is 266 g/mol. The van der Waals surface area contributed by atoms with E-state index < -0.39 is 35.7 Å². The van der Waals surface area contributed by atoms with E-state index >= 15 is 0 Å². The fraction of sp³-hybridized carbons (Fsp3) is 0.636. The molecule has 0 aliphatic heterocycles. The maximum atomic E-state index is 12.2. The third-order valence-electron chi connectivity index (χ3n) is 2.84. The summed E-state index contributed by atoms with van der Waals surface area (Å²) in [7, 11) is 0. The highest BCUT2D eigenvalue weighted by atomic mass is 19.4. The lowest BCUT2D eigenvalue weighted by atomic mass is 9.87. The van der Waals surface area contributed by atoms with Crippen LogP contribution in [0.2, 0.25) is 0 Å². The summed E-state index contributed by atoms with van der Waals surface area (Å²) in [5.41, 5.74) is -1.57. The van der Waals surface area contributed by atoms with Crippen molar-refractivity contribution in [1.29, 1.82) is 0 Å². The van der Waals surface area contributed by atoms with Gasteiger partial charge in [0.1, 0.15) is 11.7 Å². The van der Waals surface area contributed by atoms with Gasteiger partial charge < -0.3 is 9.84 Å². The summed E-state index contributed by atoms with van der Waals surface area (Å²) in [5, 5.41) is 8.79. The maximum absolute atomic E-state index is 12.2. The number of carbonyl (C=O) groups excluding carboxylic acids is 1. The minimum Gasteiger partial charge on any atom is -0.481 e. The summed E-state index contributed by atoms with van der Waals surface area (Å²) in [5.74, 6) is -3.22. The van der Waals surface area contributed by atoms with Crippen LogP contribution in [0, 0.1) is 5.92 Å². The van der Waals surface area contributed by atoms with E-state index in [1.807, 2.05) is 0 Å². The van der Waals surface area contributed by atoms with Gasteiger partial charge in [-0.2, -0.15) is 13.2 Å². The second-order valence-corrected chi connectivity index (χ2v) is 4.21. The van der Waals surface area contributed by atoms with Gasteiger partial charge >= 0.3 is 18.1 Å². The zero-order chi connectivity index (χ0) is 13.9. The number of alkyl halides is 3. The van der Waals surface area contributed by atoms with Crippen LogP contribution in [0.25, 0.3) is 0 Å². The lowest BCUT2D eigenvalue weighted by Crippen LogP contribution is -2.31. The molecule has 0 saturated heterocycles. The summed E-state index contributed by atoms with van der Waals surface area (Å²) in [6.45, 7) is 2.63. The van der Waals surface area contributed by atoms with Crippen molar-refractivity contribution in [3.8, 4) is 0 Å². The molecule has 2 atom stereocenters. The first-order valence-electron chi connectivity index (χ1n) is 5.41. The summed E-state index contributed by atoms with van der Waals surface area (Å²) in [6.07, 6.45) is -4.23. The van der Waals surface area contributed by atoms with E-state index in [1.54, 1.807) is 0 Å². The highest BCUT2D eigenvalue weighted by molar-refractivity contribution is 5.89. The lowest BCUT2D eigenvalue weighted by molar-refractivity contribution is -0.160. The van der Waals surface area contributed by atoms with Crippen LogP contribution in [-0.4, -0.2) is 29.3 Å². The molecule has 18 heavy (non-hydrogen) atoms. The van der Waals surface area contributed by atoms with Crippen molar-refractivity contribution in [2.45, 2.75) is 38.0 Å². The minimum atomic E-state index is -4.82. The molecule has 0 aromatic carbocycles. The van der Waals surface area contributed by atoms with Crippen LogP contribution >= 0.6 is 0 Å². The zero-order valence-corrected chi connectivity index (χ0v) is 9.50. The van der Waals surface area contributed by atoms with E-state index in [2.05, 4.69) is 11.3 Å². The van der Waals surface area contributed by atoms with Gasteiger partial charge in [-0.3, -0.25) is 4.79 Å². The van der Waals surface area contributed by atoms with Gasteiger partial charge in [0.15, 0.2) is 0 Å². The molecule has 0 heterocycles. The van der Waals surface area contributed by atoms with Gasteiger partial charge in [0.2, 0.25) is 0 Å². The SMILES string of the molecule is C=C(C(=O)OC1CCCC(C(=O)O)C1)C(F)(F)F. The van der Waals surface area contributed by atoms with Crippen LogP contribution in [0.3, 0.4) is 0 Å². The van der Waals surface area contributed by atoms with Crippen LogP contribution in [0.4, 0.5) is 13.2 Å². The molecule has 1 rings (SSSR count). The Morgan fingerprint density at radius 3 is 2.39 bits per heavy atom. The van der Waals surface area contributed by atoms with E-state index in [1.165, 1.54) is 0 Å². The Kier molecular flexibility index (Phi) is 4.37. The smallest absolute Gasteiger partial charge is 0.422 e. The van der Waals surface area contributed by atoms with Crippen molar-refractivity contribution in [2.75, 3.05) is 0 Å². The predicted molar refractivity (Wildman–Crippen MR) is 54.7 cm³/mol. The minimum absolute atomic E-state index is 0.0478. The monoisotopic (exact) mass is 266 g/mol. The summed E-state index contributed by atoms with van der Waals surface area (Å²) in [4.78, 5) is 21.9. The summed E-state index contributed by atoms with van der Waals surface area (Å²) in [6, 6.07) is 0. The summed E-state index contributed by atoms with van der Waals surface area (Å²) >= 11 is 0. The number of esters is 1. The molecule has 102 valence electrons. The fourth-order valence-corrected chi connectivity index (χ4v) is 1.81. The Bertz CT molecular complexity index is 362. The topological polar surface area (TPSA) is 63.6 Å². The third-order valence-corrected chi connectivity index (χ3v) is 2.84. The Morgan fingerprint density at radius 1 is 1.28 bits per heavy atom. The first-order valence-corrected chi connectivity index (χ1v) is 5.41. The van der Waals surface area contributed by atoms with Crippen LogP contribution in [0.1, 0.15) is 25.7 Å². The fourth-order valence-electron chi connectivity index (χ4n) is 1.81. The average Bonchev–Trinajstić information content (AvgIpc) is 2.27. The quantitative estimate of drug-likeness (QED) is 0.628. The maximum Gasteiger partial charge on any atom is 0.422 e. The Hall–Kier alpha value is -1.53. The Labute approximate surface area is 101 Å².